The van der Waals surface area contributed by atoms with Crippen LogP contribution in [0.3, 0.4) is 0 Å². The first-order valence-corrected chi connectivity index (χ1v) is 14.8. The molecular weight excluding hydrogens is 366 g/mol. The van der Waals surface area contributed by atoms with Gasteiger partial charge in [0, 0.05) is 18.6 Å². The van der Waals surface area contributed by atoms with Crippen LogP contribution in [0, 0.1) is 13.8 Å². The van der Waals surface area contributed by atoms with E-state index in [4.69, 9.17) is 0 Å². The fourth-order valence-electron chi connectivity index (χ4n) is 4.95. The maximum atomic E-state index is 2.51. The lowest BCUT2D eigenvalue weighted by molar-refractivity contribution is -0.665. The summed E-state index contributed by atoms with van der Waals surface area (Å²) in [6.07, 6.45) is 6.88. The molecule has 1 aliphatic carbocycles. The van der Waals surface area contributed by atoms with Gasteiger partial charge in [-0.1, -0.05) is 68.4 Å². The van der Waals surface area contributed by atoms with Crippen LogP contribution in [0.5, 0.6) is 0 Å². The van der Waals surface area contributed by atoms with Crippen molar-refractivity contribution >= 4 is 24.0 Å². The maximum absolute atomic E-state index is 2.51. The number of pyridine rings is 1. The highest BCUT2D eigenvalue weighted by molar-refractivity contribution is 6.88. The van der Waals surface area contributed by atoms with Gasteiger partial charge < -0.3 is 0 Å². The Hall–Kier alpha value is -1.93. The highest BCUT2D eigenvalue weighted by Crippen LogP contribution is 2.36. The van der Waals surface area contributed by atoms with Crippen molar-refractivity contribution in [1.29, 1.82) is 0 Å². The molecule has 1 heterocycles. The Morgan fingerprint density at radius 1 is 0.862 bits per heavy atom. The third kappa shape index (κ3) is 3.92. The molecule has 152 valence electrons. The molecule has 0 aliphatic heterocycles. The Morgan fingerprint density at radius 3 is 2.28 bits per heavy atom. The van der Waals surface area contributed by atoms with Gasteiger partial charge in [0.2, 0.25) is 5.69 Å². The van der Waals surface area contributed by atoms with Crippen LogP contribution < -0.4 is 9.75 Å². The average molecular weight is 403 g/mol. The topological polar surface area (TPSA) is 3.88 Å². The third-order valence-corrected chi connectivity index (χ3v) is 9.04. The largest absolute Gasteiger partial charge is 0.220 e. The second-order valence-corrected chi connectivity index (χ2v) is 15.2. The minimum Gasteiger partial charge on any atom is -0.198 e. The normalized spacial score (nSPS) is 15.8. The van der Waals surface area contributed by atoms with E-state index in [1.165, 1.54) is 70.6 Å². The predicted molar refractivity (Wildman–Crippen MR) is 129 cm³/mol. The van der Waals surface area contributed by atoms with Crippen molar-refractivity contribution in [3.05, 3.63) is 59.3 Å². The molecule has 1 fully saturated rings. The molecule has 0 saturated heterocycles. The van der Waals surface area contributed by atoms with Crippen molar-refractivity contribution in [2.24, 2.45) is 7.05 Å². The van der Waals surface area contributed by atoms with Crippen molar-refractivity contribution in [1.82, 2.24) is 0 Å². The Bertz CT molecular complexity index is 1050. The van der Waals surface area contributed by atoms with E-state index < -0.39 is 8.07 Å². The number of aryl methyl sites for hydroxylation is 2. The van der Waals surface area contributed by atoms with Crippen molar-refractivity contribution in [2.45, 2.75) is 71.5 Å². The van der Waals surface area contributed by atoms with Crippen LogP contribution in [0.4, 0.5) is 0 Å². The quantitative estimate of drug-likeness (QED) is 0.346. The van der Waals surface area contributed by atoms with E-state index in [1.54, 1.807) is 5.56 Å². The van der Waals surface area contributed by atoms with Gasteiger partial charge in [0.25, 0.3) is 0 Å². The number of rotatable bonds is 3. The van der Waals surface area contributed by atoms with E-state index in [0.717, 1.165) is 5.92 Å². The second kappa shape index (κ2) is 7.72. The fraction of sp³-hybridized carbons (Fsp3) is 0.444. The molecule has 0 spiro atoms. The number of nitrogens with zero attached hydrogens (tertiary/aromatic N) is 1. The Balaban J connectivity index is 1.92. The molecule has 4 rings (SSSR count). The Morgan fingerprint density at radius 2 is 1.59 bits per heavy atom. The lowest BCUT2D eigenvalue weighted by atomic mass is 9.82. The minimum absolute atomic E-state index is 0.739. The zero-order valence-electron chi connectivity index (χ0n) is 19.1. The summed E-state index contributed by atoms with van der Waals surface area (Å²) in [6, 6.07) is 16.8. The molecular formula is C27H36NSi+. The van der Waals surface area contributed by atoms with Gasteiger partial charge >= 0.3 is 0 Å². The van der Waals surface area contributed by atoms with Crippen LogP contribution in [-0.2, 0) is 7.05 Å². The van der Waals surface area contributed by atoms with Gasteiger partial charge in [-0.25, -0.2) is 0 Å². The maximum Gasteiger partial charge on any atom is 0.220 e. The Labute approximate surface area is 177 Å². The first-order chi connectivity index (χ1) is 13.8. The van der Waals surface area contributed by atoms with Crippen LogP contribution in [0.15, 0.2) is 42.5 Å². The fourth-order valence-corrected chi connectivity index (χ4v) is 6.13. The van der Waals surface area contributed by atoms with Crippen LogP contribution in [0.2, 0.25) is 19.6 Å². The summed E-state index contributed by atoms with van der Waals surface area (Å²) in [5, 5.41) is 4.30. The first kappa shape index (κ1) is 20.3. The number of aromatic nitrogens is 1. The van der Waals surface area contributed by atoms with Gasteiger partial charge in [0.1, 0.15) is 7.05 Å². The molecule has 29 heavy (non-hydrogen) atoms. The van der Waals surface area contributed by atoms with Crippen molar-refractivity contribution in [3.63, 3.8) is 0 Å². The summed E-state index contributed by atoms with van der Waals surface area (Å²) in [6.45, 7) is 11.8. The molecule has 0 N–H and O–H groups in total. The van der Waals surface area contributed by atoms with Crippen LogP contribution in [-0.4, -0.2) is 8.07 Å². The van der Waals surface area contributed by atoms with E-state index in [0.29, 0.717) is 0 Å². The molecule has 1 nitrogen and oxygen atoms in total. The molecule has 0 bridgehead atoms. The average Bonchev–Trinajstić information content (AvgIpc) is 2.69. The number of hydrogen-bond acceptors (Lipinski definition) is 0. The smallest absolute Gasteiger partial charge is 0.198 e. The van der Waals surface area contributed by atoms with E-state index >= 15 is 0 Å². The predicted octanol–water partition coefficient (Wildman–Crippen LogP) is 6.54. The lowest BCUT2D eigenvalue weighted by Gasteiger charge is -2.23. The zero-order valence-corrected chi connectivity index (χ0v) is 20.1. The number of benzene rings is 2. The van der Waals surface area contributed by atoms with Crippen molar-refractivity contribution < 1.29 is 4.57 Å². The Kier molecular flexibility index (Phi) is 5.41. The molecule has 1 aromatic heterocycles. The summed E-state index contributed by atoms with van der Waals surface area (Å²) >= 11 is 0. The molecule has 0 unspecified atom stereocenters. The molecule has 3 aromatic rings. The van der Waals surface area contributed by atoms with Crippen LogP contribution >= 0.6 is 0 Å². The van der Waals surface area contributed by atoms with E-state index in [1.807, 2.05) is 0 Å². The molecule has 2 heteroatoms. The standard InChI is InChI=1S/C27H36NSi/c1-19-12-13-22(21-10-8-7-9-11-21)18-26(19)27-25-15-14-24(29(4,5)6)17-23(25)16-20(2)28(27)3/h12-18,21H,7-11H2,1-6H3/q+1. The monoisotopic (exact) mass is 402 g/mol. The van der Waals surface area contributed by atoms with Gasteiger partial charge in [0.05, 0.1) is 13.5 Å². The summed E-state index contributed by atoms with van der Waals surface area (Å²) < 4.78 is 2.39. The van der Waals surface area contributed by atoms with E-state index in [9.17, 15) is 0 Å². The number of hydrogen-bond donors (Lipinski definition) is 0. The van der Waals surface area contributed by atoms with E-state index in [2.05, 4.69) is 87.6 Å². The molecule has 0 amide bonds. The highest BCUT2D eigenvalue weighted by Gasteiger charge is 2.24. The summed E-state index contributed by atoms with van der Waals surface area (Å²) in [5.41, 5.74) is 7.02. The van der Waals surface area contributed by atoms with Crippen molar-refractivity contribution in [2.75, 3.05) is 0 Å². The minimum atomic E-state index is -1.33. The van der Waals surface area contributed by atoms with Crippen LogP contribution in [0.1, 0.15) is 54.8 Å². The molecule has 1 saturated carbocycles. The molecule has 0 radical (unpaired) electrons. The van der Waals surface area contributed by atoms with Crippen LogP contribution in [0.25, 0.3) is 22.0 Å². The number of fused-ring (bicyclic) bond motifs is 1. The lowest BCUT2D eigenvalue weighted by Crippen LogP contribution is -2.38. The van der Waals surface area contributed by atoms with Gasteiger partial charge in [-0.15, -0.1) is 0 Å². The first-order valence-electron chi connectivity index (χ1n) is 11.3. The SMILES string of the molecule is Cc1ccc(C2CCCCC2)cc1-c1c2ccc([Si](C)(C)C)cc2cc(C)[n+]1C. The van der Waals surface area contributed by atoms with Gasteiger partial charge in [0.15, 0.2) is 5.69 Å². The zero-order chi connectivity index (χ0) is 20.8. The third-order valence-electron chi connectivity index (χ3n) is 6.99. The summed E-state index contributed by atoms with van der Waals surface area (Å²) in [4.78, 5) is 0. The summed E-state index contributed by atoms with van der Waals surface area (Å²) in [7, 11) is 0.898. The molecule has 2 aromatic carbocycles. The molecule has 0 atom stereocenters. The van der Waals surface area contributed by atoms with Gasteiger partial charge in [-0.2, -0.15) is 4.57 Å². The molecule has 1 aliphatic rings. The summed E-state index contributed by atoms with van der Waals surface area (Å²) in [5.74, 6) is 0.739. The highest BCUT2D eigenvalue weighted by atomic mass is 28.3. The van der Waals surface area contributed by atoms with E-state index in [-0.39, 0.29) is 0 Å². The second-order valence-electron chi connectivity index (χ2n) is 10.2. The van der Waals surface area contributed by atoms with Gasteiger partial charge in [-0.05, 0) is 54.3 Å². The van der Waals surface area contributed by atoms with Crippen molar-refractivity contribution in [3.8, 4) is 11.3 Å². The van der Waals surface area contributed by atoms with Gasteiger partial charge in [-0.3, -0.25) is 0 Å².